The Hall–Kier alpha value is -0.800. The summed E-state index contributed by atoms with van der Waals surface area (Å²) < 4.78 is 70.4. The van der Waals surface area contributed by atoms with Gasteiger partial charge in [-0.2, -0.15) is 21.6 Å². The molecule has 0 radical (unpaired) electrons. The number of methoxy groups -OCH3 is 1. The molecule has 1 aliphatic rings. The van der Waals surface area contributed by atoms with Gasteiger partial charge < -0.3 is 13.7 Å². The Morgan fingerprint density at radius 2 is 2.12 bits per heavy atom. The molecule has 1 heterocycles. The topological polar surface area (TPSA) is 61.8 Å². The first-order valence-electron chi connectivity index (χ1n) is 4.10. The number of alkyl halides is 3. The number of rotatable bonds is 3. The molecule has 0 aromatic rings. The van der Waals surface area contributed by atoms with Crippen molar-refractivity contribution >= 4 is 10.1 Å². The first-order valence-corrected chi connectivity index (χ1v) is 5.51. The molecule has 0 N–H and O–H groups in total. The average Bonchev–Trinajstić information content (AvgIpc) is 2.16. The van der Waals surface area contributed by atoms with Gasteiger partial charge in [0.15, 0.2) is 6.29 Å². The highest BCUT2D eigenvalue weighted by Crippen LogP contribution is 2.27. The van der Waals surface area contributed by atoms with Crippen LogP contribution < -0.4 is 0 Å². The minimum atomic E-state index is -5.61. The fourth-order valence-corrected chi connectivity index (χ4v) is 1.43. The van der Waals surface area contributed by atoms with Crippen molar-refractivity contribution in [3.05, 3.63) is 11.8 Å². The Morgan fingerprint density at radius 1 is 1.50 bits per heavy atom. The lowest BCUT2D eigenvalue weighted by Crippen LogP contribution is -2.28. The van der Waals surface area contributed by atoms with E-state index in [1.165, 1.54) is 13.2 Å². The molecule has 1 rings (SSSR count). The molecule has 0 saturated heterocycles. The molecule has 0 saturated carbocycles. The van der Waals surface area contributed by atoms with Gasteiger partial charge in [0, 0.05) is 13.5 Å². The molecule has 9 heteroatoms. The van der Waals surface area contributed by atoms with Crippen molar-refractivity contribution in [2.75, 3.05) is 13.7 Å². The van der Waals surface area contributed by atoms with Crippen LogP contribution in [0.1, 0.15) is 6.42 Å². The summed E-state index contributed by atoms with van der Waals surface area (Å²) in [6.45, 7) is -0.381. The van der Waals surface area contributed by atoms with Crippen molar-refractivity contribution in [3.8, 4) is 0 Å². The Labute approximate surface area is 89.9 Å². The Balaban J connectivity index is 2.67. The van der Waals surface area contributed by atoms with Crippen LogP contribution in [0.5, 0.6) is 0 Å². The van der Waals surface area contributed by atoms with E-state index in [1.54, 1.807) is 0 Å². The average molecular weight is 262 g/mol. The number of hydrogen-bond acceptors (Lipinski definition) is 5. The summed E-state index contributed by atoms with van der Waals surface area (Å²) >= 11 is 0. The van der Waals surface area contributed by atoms with E-state index in [2.05, 4.69) is 4.18 Å². The van der Waals surface area contributed by atoms with Gasteiger partial charge in [-0.1, -0.05) is 0 Å². The van der Waals surface area contributed by atoms with E-state index in [0.29, 0.717) is 0 Å². The largest absolute Gasteiger partial charge is 0.534 e. The van der Waals surface area contributed by atoms with Gasteiger partial charge in [-0.15, -0.1) is 0 Å². The van der Waals surface area contributed by atoms with Crippen LogP contribution in [-0.4, -0.2) is 33.9 Å². The molecule has 0 aromatic carbocycles. The van der Waals surface area contributed by atoms with Crippen LogP contribution in [-0.2, 0) is 23.8 Å². The van der Waals surface area contributed by atoms with Crippen LogP contribution in [0.2, 0.25) is 0 Å². The predicted molar refractivity (Wildman–Crippen MR) is 45.5 cm³/mol. The summed E-state index contributed by atoms with van der Waals surface area (Å²) in [5, 5.41) is 0. The fourth-order valence-electron chi connectivity index (χ4n) is 0.940. The van der Waals surface area contributed by atoms with Crippen LogP contribution in [0.4, 0.5) is 13.2 Å². The van der Waals surface area contributed by atoms with E-state index in [9.17, 15) is 21.6 Å². The van der Waals surface area contributed by atoms with Crippen molar-refractivity contribution in [2.45, 2.75) is 18.2 Å². The summed E-state index contributed by atoms with van der Waals surface area (Å²) in [7, 11) is -4.25. The van der Waals surface area contributed by atoms with E-state index in [4.69, 9.17) is 9.47 Å². The van der Waals surface area contributed by atoms with E-state index in [0.717, 1.165) is 0 Å². The maximum absolute atomic E-state index is 11.9. The van der Waals surface area contributed by atoms with Gasteiger partial charge >= 0.3 is 15.6 Å². The number of hydrogen-bond donors (Lipinski definition) is 0. The quantitative estimate of drug-likeness (QED) is 0.563. The van der Waals surface area contributed by atoms with Gasteiger partial charge in [0.2, 0.25) is 0 Å². The lowest BCUT2D eigenvalue weighted by molar-refractivity contribution is -0.126. The standard InChI is InChI=1S/C7H9F3O5S/c1-13-6-3-2-5(4-14-6)15-16(11,12)7(8,9)10/h2,6H,3-4H2,1H3. The van der Waals surface area contributed by atoms with Crippen molar-refractivity contribution in [3.63, 3.8) is 0 Å². The fraction of sp³-hybridized carbons (Fsp3) is 0.714. The molecule has 0 aliphatic carbocycles. The van der Waals surface area contributed by atoms with Crippen molar-refractivity contribution in [1.29, 1.82) is 0 Å². The minimum absolute atomic E-state index is 0.124. The molecule has 94 valence electrons. The van der Waals surface area contributed by atoms with E-state index in [-0.39, 0.29) is 13.0 Å². The van der Waals surface area contributed by atoms with E-state index < -0.39 is 27.7 Å². The molecule has 16 heavy (non-hydrogen) atoms. The normalized spacial score (nSPS) is 22.8. The predicted octanol–water partition coefficient (Wildman–Crippen LogP) is 1.13. The molecule has 1 atom stereocenters. The highest BCUT2D eigenvalue weighted by atomic mass is 32.2. The van der Waals surface area contributed by atoms with Crippen LogP contribution >= 0.6 is 0 Å². The van der Waals surface area contributed by atoms with Crippen LogP contribution in [0.25, 0.3) is 0 Å². The summed E-state index contributed by atoms with van der Waals surface area (Å²) in [5.41, 5.74) is -5.44. The minimum Gasteiger partial charge on any atom is -0.378 e. The Morgan fingerprint density at radius 3 is 2.50 bits per heavy atom. The van der Waals surface area contributed by atoms with Gasteiger partial charge in [0.25, 0.3) is 0 Å². The molecular formula is C7H9F3O5S. The third-order valence-electron chi connectivity index (χ3n) is 1.71. The first kappa shape index (κ1) is 13.3. The second kappa shape index (κ2) is 4.60. The zero-order valence-electron chi connectivity index (χ0n) is 8.15. The molecule has 5 nitrogen and oxygen atoms in total. The van der Waals surface area contributed by atoms with Gasteiger partial charge in [-0.05, 0) is 6.08 Å². The van der Waals surface area contributed by atoms with Gasteiger partial charge in [-0.3, -0.25) is 0 Å². The van der Waals surface area contributed by atoms with Gasteiger partial charge in [-0.25, -0.2) is 0 Å². The zero-order valence-corrected chi connectivity index (χ0v) is 8.97. The van der Waals surface area contributed by atoms with Gasteiger partial charge in [0.05, 0.1) is 0 Å². The summed E-state index contributed by atoms with van der Waals surface area (Å²) in [6.07, 6.45) is 0.709. The van der Waals surface area contributed by atoms with Crippen LogP contribution in [0.3, 0.4) is 0 Å². The highest BCUT2D eigenvalue weighted by molar-refractivity contribution is 7.87. The maximum atomic E-state index is 11.9. The van der Waals surface area contributed by atoms with Gasteiger partial charge in [0.1, 0.15) is 12.4 Å². The summed E-state index contributed by atoms with van der Waals surface area (Å²) in [5.74, 6) is -0.398. The number of ether oxygens (including phenoxy) is 2. The lowest BCUT2D eigenvalue weighted by Gasteiger charge is -2.21. The first-order chi connectivity index (χ1) is 7.26. The molecule has 0 amide bonds. The highest BCUT2D eigenvalue weighted by Gasteiger charge is 2.49. The molecule has 1 unspecified atom stereocenters. The van der Waals surface area contributed by atoms with Crippen LogP contribution in [0.15, 0.2) is 11.8 Å². The van der Waals surface area contributed by atoms with Crippen molar-refractivity contribution in [2.24, 2.45) is 0 Å². The Bertz CT molecular complexity index is 372. The smallest absolute Gasteiger partial charge is 0.378 e. The Kier molecular flexibility index (Phi) is 3.81. The van der Waals surface area contributed by atoms with Crippen LogP contribution in [0, 0.1) is 0 Å². The molecule has 0 bridgehead atoms. The molecule has 0 spiro atoms. The molecule has 0 aromatic heterocycles. The maximum Gasteiger partial charge on any atom is 0.534 e. The number of halogens is 3. The summed E-state index contributed by atoms with van der Waals surface area (Å²) in [6, 6.07) is 0. The monoisotopic (exact) mass is 262 g/mol. The second-order valence-electron chi connectivity index (χ2n) is 2.87. The third-order valence-corrected chi connectivity index (χ3v) is 2.71. The van der Waals surface area contributed by atoms with Crippen molar-refractivity contribution in [1.82, 2.24) is 0 Å². The molecule has 0 fully saturated rings. The lowest BCUT2D eigenvalue weighted by atomic mass is 10.3. The summed E-state index contributed by atoms with van der Waals surface area (Å²) in [4.78, 5) is 0. The van der Waals surface area contributed by atoms with E-state index in [1.807, 2.05) is 0 Å². The van der Waals surface area contributed by atoms with Crippen molar-refractivity contribution < 1.29 is 35.2 Å². The molecule has 1 aliphatic heterocycles. The third kappa shape index (κ3) is 3.09. The second-order valence-corrected chi connectivity index (χ2v) is 4.40. The SMILES string of the molecule is COC1CC=C(OS(=O)(=O)C(F)(F)F)CO1. The van der Waals surface area contributed by atoms with E-state index >= 15 is 0 Å². The zero-order chi connectivity index (χ0) is 12.4. The molecular weight excluding hydrogens is 253 g/mol.